The number of H-pyrrole nitrogens is 2. The Kier molecular flexibility index (Phi) is 11.0. The third-order valence-electron chi connectivity index (χ3n) is 9.13. The summed E-state index contributed by atoms with van der Waals surface area (Å²) in [5.41, 5.74) is 4.55. The van der Waals surface area contributed by atoms with Gasteiger partial charge in [-0.1, -0.05) is 20.8 Å². The third-order valence-corrected chi connectivity index (χ3v) is 15.1. The van der Waals surface area contributed by atoms with Gasteiger partial charge in [-0.3, -0.25) is 42.3 Å². The minimum Gasteiger partial charge on any atom is -0.411 e. The zero-order chi connectivity index (χ0) is 36.6. The van der Waals surface area contributed by atoms with Crippen molar-refractivity contribution >= 4 is 33.3 Å². The van der Waals surface area contributed by atoms with Crippen LogP contribution in [0.3, 0.4) is 0 Å². The predicted octanol–water partition coefficient (Wildman–Crippen LogP) is 1.96. The van der Waals surface area contributed by atoms with Crippen molar-refractivity contribution in [1.82, 2.24) is 29.1 Å². The van der Waals surface area contributed by atoms with Crippen LogP contribution in [0.2, 0.25) is 18.1 Å². The maximum absolute atomic E-state index is 14.2. The molecular formula is C29H43N8O11PSi. The third kappa shape index (κ3) is 8.01. The van der Waals surface area contributed by atoms with E-state index < -0.39 is 76.4 Å². The Morgan fingerprint density at radius 1 is 1.10 bits per heavy atom. The minimum atomic E-state index is -4.50. The van der Waals surface area contributed by atoms with Crippen molar-refractivity contribution in [3.8, 4) is 6.07 Å². The lowest BCUT2D eigenvalue weighted by Crippen LogP contribution is -2.46. The normalized spacial score (nSPS) is 25.6. The van der Waals surface area contributed by atoms with Crippen LogP contribution in [-0.2, 0) is 32.0 Å². The van der Waals surface area contributed by atoms with Gasteiger partial charge in [-0.05, 0) is 25.1 Å². The SMILES string of the molecule is Cc1cn([C@H]2C[C@H](OP(=O)(OCCC#N)OC[C@H]3O[C@@H](n4cnc5c(=O)[nH]c(N)nc54)C[C@@H]3O[Si](C)(C)C(C)(C)C)[C@@H](CO)O2)c(=O)[nH]c1=O. The number of aliphatic hydroxyl groups excluding tert-OH is 1. The van der Waals surface area contributed by atoms with Crippen molar-refractivity contribution in [2.24, 2.45) is 0 Å². The van der Waals surface area contributed by atoms with Crippen LogP contribution in [0.1, 0.15) is 58.1 Å². The van der Waals surface area contributed by atoms with E-state index in [-0.39, 0.29) is 53.8 Å². The highest BCUT2D eigenvalue weighted by Gasteiger charge is 2.48. The Labute approximate surface area is 287 Å². The standard InChI is InChI=1S/C29H43N8O11PSi/c1-16-12-36(28(41)35-25(16)39)21-10-17(19(13-38)45-21)47-49(42,43-9-7-8-30)44-14-20-18(48-50(5,6)29(2,3)4)11-22(46-20)37-15-32-23-24(37)33-27(31)34-26(23)40/h12,15,17-22,38H,7,9-11,13-14H2,1-6H3,(H,35,39,41)(H3,31,33,34,40)/t17-,18-,19+,20+,21+,22+,49?/m0/s1. The van der Waals surface area contributed by atoms with Gasteiger partial charge in [0.05, 0.1) is 44.7 Å². The maximum atomic E-state index is 14.2. The lowest BCUT2D eigenvalue weighted by atomic mass is 10.2. The first-order valence-electron chi connectivity index (χ1n) is 16.0. The molecule has 0 bridgehead atoms. The van der Waals surface area contributed by atoms with E-state index in [2.05, 4.69) is 53.8 Å². The molecular weight excluding hydrogens is 695 g/mol. The molecule has 5 N–H and O–H groups in total. The van der Waals surface area contributed by atoms with E-state index in [4.69, 9.17) is 38.5 Å². The van der Waals surface area contributed by atoms with Crippen molar-refractivity contribution in [2.45, 2.75) is 102 Å². The molecule has 0 radical (unpaired) electrons. The molecule has 0 saturated carbocycles. The molecule has 1 unspecified atom stereocenters. The van der Waals surface area contributed by atoms with Crippen molar-refractivity contribution in [3.63, 3.8) is 0 Å². The quantitative estimate of drug-likeness (QED) is 0.111. The number of imidazole rings is 1. The molecule has 2 aliphatic rings. The van der Waals surface area contributed by atoms with Gasteiger partial charge in [0.1, 0.15) is 30.8 Å². The molecule has 5 heterocycles. The minimum absolute atomic E-state index is 0.0619. The smallest absolute Gasteiger partial charge is 0.411 e. The van der Waals surface area contributed by atoms with Crippen molar-refractivity contribution < 1.29 is 37.1 Å². The fourth-order valence-electron chi connectivity index (χ4n) is 5.43. The largest absolute Gasteiger partial charge is 0.475 e. The second-order valence-electron chi connectivity index (χ2n) is 13.7. The second-order valence-corrected chi connectivity index (χ2v) is 20.1. The Hall–Kier alpha value is -3.51. The summed E-state index contributed by atoms with van der Waals surface area (Å²) in [7, 11) is -6.90. The van der Waals surface area contributed by atoms with Crippen molar-refractivity contribution in [1.29, 1.82) is 5.26 Å². The number of aryl methyl sites for hydroxylation is 1. The fraction of sp³-hybridized carbons (Fsp3) is 0.655. The number of anilines is 1. The summed E-state index contributed by atoms with van der Waals surface area (Å²) in [5, 5.41) is 19.0. The summed E-state index contributed by atoms with van der Waals surface area (Å²) in [6, 6.07) is 1.91. The number of nitriles is 1. The number of ether oxygens (including phenoxy) is 2. The van der Waals surface area contributed by atoms with Crippen LogP contribution >= 0.6 is 7.82 Å². The van der Waals surface area contributed by atoms with Crippen molar-refractivity contribution in [3.05, 3.63) is 49.3 Å². The Bertz CT molecular complexity index is 1970. The van der Waals surface area contributed by atoms with Gasteiger partial charge in [-0.2, -0.15) is 10.2 Å². The van der Waals surface area contributed by atoms with Gasteiger partial charge in [-0.15, -0.1) is 0 Å². The number of nitrogens with one attached hydrogen (secondary N) is 2. The first-order chi connectivity index (χ1) is 23.4. The van der Waals surface area contributed by atoms with E-state index in [1.165, 1.54) is 19.4 Å². The number of phosphoric acid groups is 1. The molecule has 2 aliphatic heterocycles. The molecule has 3 aromatic rings. The van der Waals surface area contributed by atoms with E-state index >= 15 is 0 Å². The summed E-state index contributed by atoms with van der Waals surface area (Å²) in [6.07, 6.45) is -2.39. The van der Waals surface area contributed by atoms with Gasteiger partial charge >= 0.3 is 13.5 Å². The van der Waals surface area contributed by atoms with Crippen LogP contribution in [0.4, 0.5) is 5.95 Å². The second kappa shape index (κ2) is 14.6. The molecule has 50 heavy (non-hydrogen) atoms. The maximum Gasteiger partial charge on any atom is 0.475 e. The van der Waals surface area contributed by atoms with Crippen LogP contribution in [0, 0.1) is 18.3 Å². The zero-order valence-electron chi connectivity index (χ0n) is 28.7. The van der Waals surface area contributed by atoms with E-state index in [1.807, 2.05) is 6.07 Å². The number of hydrogen-bond donors (Lipinski definition) is 4. The zero-order valence-corrected chi connectivity index (χ0v) is 30.5. The molecule has 5 rings (SSSR count). The van der Waals surface area contributed by atoms with Gasteiger partial charge in [0, 0.05) is 24.6 Å². The topological polar surface area (TPSA) is 261 Å². The van der Waals surface area contributed by atoms with Gasteiger partial charge in [0.25, 0.3) is 11.1 Å². The molecule has 3 aromatic heterocycles. The highest BCUT2D eigenvalue weighted by molar-refractivity contribution is 7.48. The van der Waals surface area contributed by atoms with E-state index in [1.54, 1.807) is 4.57 Å². The van der Waals surface area contributed by atoms with Crippen LogP contribution in [0.15, 0.2) is 26.9 Å². The molecule has 21 heteroatoms. The molecule has 2 fully saturated rings. The molecule has 274 valence electrons. The predicted molar refractivity (Wildman–Crippen MR) is 179 cm³/mol. The first kappa shape index (κ1) is 37.7. The van der Waals surface area contributed by atoms with Crippen LogP contribution in [-0.4, -0.2) is 86.7 Å². The number of aromatic nitrogens is 6. The number of rotatable bonds is 13. The number of nitrogens with two attached hydrogens (primary N) is 1. The average Bonchev–Trinajstić information content (AvgIpc) is 3.74. The molecule has 0 amide bonds. The first-order valence-corrected chi connectivity index (χ1v) is 20.4. The molecule has 2 saturated heterocycles. The number of nitrogen functional groups attached to an aromatic ring is 1. The fourth-order valence-corrected chi connectivity index (χ4v) is 8.18. The summed E-state index contributed by atoms with van der Waals surface area (Å²) in [4.78, 5) is 49.9. The molecule has 0 aliphatic carbocycles. The van der Waals surface area contributed by atoms with Crippen LogP contribution < -0.4 is 22.5 Å². The Morgan fingerprint density at radius 3 is 2.46 bits per heavy atom. The summed E-state index contributed by atoms with van der Waals surface area (Å²) in [5.74, 6) is -0.0938. The van der Waals surface area contributed by atoms with E-state index in [0.717, 1.165) is 4.57 Å². The Morgan fingerprint density at radius 2 is 1.78 bits per heavy atom. The monoisotopic (exact) mass is 738 g/mol. The molecule has 7 atom stereocenters. The Balaban J connectivity index is 1.39. The number of aliphatic hydroxyl groups is 1. The molecule has 19 nitrogen and oxygen atoms in total. The van der Waals surface area contributed by atoms with E-state index in [9.17, 15) is 24.1 Å². The highest BCUT2D eigenvalue weighted by Crippen LogP contribution is 2.54. The molecule has 0 spiro atoms. The highest BCUT2D eigenvalue weighted by atomic mass is 31.2. The lowest BCUT2D eigenvalue weighted by molar-refractivity contribution is -0.0580. The van der Waals surface area contributed by atoms with Gasteiger partial charge < -0.3 is 24.7 Å². The van der Waals surface area contributed by atoms with Gasteiger partial charge in [-0.25, -0.2) is 14.3 Å². The number of nitrogens with zero attached hydrogens (tertiary/aromatic N) is 5. The van der Waals surface area contributed by atoms with E-state index in [0.29, 0.717) is 6.42 Å². The average molecular weight is 739 g/mol. The summed E-state index contributed by atoms with van der Waals surface area (Å²) in [6.45, 7) is 10.7. The summed E-state index contributed by atoms with van der Waals surface area (Å²) < 4.78 is 53.2. The number of phosphoric ester groups is 1. The number of fused-ring (bicyclic) bond motifs is 1. The van der Waals surface area contributed by atoms with Gasteiger partial charge in [0.2, 0.25) is 5.95 Å². The van der Waals surface area contributed by atoms with Crippen molar-refractivity contribution in [2.75, 3.05) is 25.6 Å². The van der Waals surface area contributed by atoms with Crippen LogP contribution in [0.5, 0.6) is 0 Å². The number of hydrogen-bond acceptors (Lipinski definition) is 15. The lowest BCUT2D eigenvalue weighted by Gasteiger charge is -2.39. The van der Waals surface area contributed by atoms with Crippen LogP contribution in [0.25, 0.3) is 11.2 Å². The number of aromatic amines is 2. The van der Waals surface area contributed by atoms with Gasteiger partial charge in [0.15, 0.2) is 19.5 Å². The summed E-state index contributed by atoms with van der Waals surface area (Å²) >= 11 is 0. The molecule has 0 aromatic carbocycles.